The number of nitrogens with zero attached hydrogens (tertiary/aromatic N) is 2. The SMILES string of the molecule is c1cc2c3c(c1)-n1c4c(cc(-c5ccc6ccccc6c5)cc4c4ccc5c6ccccc6c6ccccc6c5c41)B3c1cc3c4ccccc4c4ccccc4c3c3c4c5c6ccccc6c6ccccc6c5ccc4n-2c13. The Morgan fingerprint density at radius 2 is 0.684 bits per heavy atom. The summed E-state index contributed by atoms with van der Waals surface area (Å²) in [6.45, 7) is -0.0902. The molecule has 358 valence electrons. The van der Waals surface area contributed by atoms with Crippen LogP contribution in [0.3, 0.4) is 0 Å². The summed E-state index contributed by atoms with van der Waals surface area (Å²) in [5, 5.41) is 31.0. The van der Waals surface area contributed by atoms with Gasteiger partial charge in [-0.25, -0.2) is 0 Å². The molecule has 16 aromatic carbocycles. The van der Waals surface area contributed by atoms with Gasteiger partial charge in [-0.05, 0) is 149 Å². The summed E-state index contributed by atoms with van der Waals surface area (Å²) in [6, 6.07) is 95.2. The molecule has 0 N–H and O–H groups in total. The molecule has 18 aromatic rings. The molecule has 0 spiro atoms. The van der Waals surface area contributed by atoms with Crippen LogP contribution < -0.4 is 16.4 Å². The average molecular weight is 993 g/mol. The van der Waals surface area contributed by atoms with Crippen molar-refractivity contribution in [3.8, 4) is 22.5 Å². The van der Waals surface area contributed by atoms with Gasteiger partial charge in [0.25, 0.3) is 6.71 Å². The maximum Gasteiger partial charge on any atom is 0.252 e. The highest BCUT2D eigenvalue weighted by atomic mass is 15.0. The highest BCUT2D eigenvalue weighted by Gasteiger charge is 2.42. The van der Waals surface area contributed by atoms with Crippen molar-refractivity contribution in [1.29, 1.82) is 0 Å². The van der Waals surface area contributed by atoms with Crippen molar-refractivity contribution in [3.63, 3.8) is 0 Å². The van der Waals surface area contributed by atoms with Crippen molar-refractivity contribution in [1.82, 2.24) is 9.13 Å². The van der Waals surface area contributed by atoms with E-state index in [-0.39, 0.29) is 6.71 Å². The molecule has 0 bridgehead atoms. The van der Waals surface area contributed by atoms with E-state index in [0.717, 1.165) is 0 Å². The van der Waals surface area contributed by atoms with Crippen LogP contribution in [0.5, 0.6) is 0 Å². The molecule has 2 aliphatic rings. The zero-order valence-corrected chi connectivity index (χ0v) is 42.6. The van der Waals surface area contributed by atoms with Gasteiger partial charge >= 0.3 is 0 Å². The van der Waals surface area contributed by atoms with Gasteiger partial charge in [0.05, 0.1) is 16.6 Å². The fraction of sp³-hybridized carbons (Fsp3) is 0. The smallest absolute Gasteiger partial charge is 0.252 e. The lowest BCUT2D eigenvalue weighted by molar-refractivity contribution is 1.15. The van der Waals surface area contributed by atoms with Crippen molar-refractivity contribution in [2.24, 2.45) is 0 Å². The van der Waals surface area contributed by atoms with E-state index >= 15 is 0 Å². The fourth-order valence-electron chi connectivity index (χ4n) is 15.9. The summed E-state index contributed by atoms with van der Waals surface area (Å²) in [7, 11) is 0. The molecule has 0 saturated carbocycles. The highest BCUT2D eigenvalue weighted by Crippen LogP contribution is 2.51. The third-order valence-electron chi connectivity index (χ3n) is 18.9. The summed E-state index contributed by atoms with van der Waals surface area (Å²) in [5.74, 6) is 0. The Bertz CT molecular complexity index is 5860. The molecular formula is C76H41BN2. The van der Waals surface area contributed by atoms with Crippen LogP contribution in [0.15, 0.2) is 249 Å². The highest BCUT2D eigenvalue weighted by molar-refractivity contribution is 7.00. The average Bonchev–Trinajstić information content (AvgIpc) is 3.34. The molecule has 0 amide bonds. The Hall–Kier alpha value is -10.2. The quantitative estimate of drug-likeness (QED) is 0.115. The van der Waals surface area contributed by atoms with Gasteiger partial charge in [0.2, 0.25) is 0 Å². The van der Waals surface area contributed by atoms with Crippen molar-refractivity contribution in [2.75, 3.05) is 0 Å². The van der Waals surface area contributed by atoms with Crippen LogP contribution in [0.2, 0.25) is 0 Å². The maximum atomic E-state index is 2.70. The van der Waals surface area contributed by atoms with E-state index in [4.69, 9.17) is 0 Å². The normalized spacial score (nSPS) is 13.0. The van der Waals surface area contributed by atoms with Crippen LogP contribution in [0, 0.1) is 0 Å². The molecule has 2 aliphatic heterocycles. The maximum absolute atomic E-state index is 2.70. The minimum Gasteiger partial charge on any atom is -0.310 e. The Morgan fingerprint density at radius 1 is 0.228 bits per heavy atom. The molecular weight excluding hydrogens is 952 g/mol. The first-order valence-electron chi connectivity index (χ1n) is 27.8. The molecule has 0 aliphatic carbocycles. The monoisotopic (exact) mass is 992 g/mol. The molecule has 0 saturated heterocycles. The van der Waals surface area contributed by atoms with Gasteiger partial charge in [-0.1, -0.05) is 218 Å². The van der Waals surface area contributed by atoms with Crippen LogP contribution in [0.1, 0.15) is 0 Å². The fourth-order valence-corrected chi connectivity index (χ4v) is 15.9. The standard InChI is InChI=1S/C76H41BN2/c1-2-17-43-38-44(33-32-42(43)16-1)45-39-62-60-35-34-59-53-25-7-4-19-47(53)51-23-11-14-29-57(51)70(59)75(60)79-67-31-15-30-66-73(67)77(63(40-45)74(62)79)64-41-61-54-26-8-5-20-48(54)50-22-10-13-28-56(50)69(61)72-71-65(78(66)76(64)72)37-36-58-52-24-6-3-18-46(52)49-21-9-12-27-55(49)68(58)71/h1-41H. The van der Waals surface area contributed by atoms with E-state index in [0.29, 0.717) is 0 Å². The molecule has 20 rings (SSSR count). The van der Waals surface area contributed by atoms with Gasteiger partial charge in [-0.3, -0.25) is 0 Å². The molecule has 79 heavy (non-hydrogen) atoms. The third-order valence-corrected chi connectivity index (χ3v) is 18.9. The Kier molecular flexibility index (Phi) is 7.49. The number of hydrogen-bond acceptors (Lipinski definition) is 0. The van der Waals surface area contributed by atoms with Gasteiger partial charge in [0.1, 0.15) is 0 Å². The number of fused-ring (bicyclic) bond motifs is 32. The van der Waals surface area contributed by atoms with Crippen LogP contribution in [-0.4, -0.2) is 15.8 Å². The number of benzene rings is 16. The van der Waals surface area contributed by atoms with Gasteiger partial charge < -0.3 is 9.13 Å². The lowest BCUT2D eigenvalue weighted by Gasteiger charge is -2.34. The second-order valence-corrected chi connectivity index (χ2v) is 22.5. The largest absolute Gasteiger partial charge is 0.310 e. The Labute approximate surface area is 452 Å². The summed E-state index contributed by atoms with van der Waals surface area (Å²) in [5.41, 5.74) is 14.1. The first-order valence-corrected chi connectivity index (χ1v) is 27.8. The first-order chi connectivity index (χ1) is 39.2. The molecule has 0 unspecified atom stereocenters. The molecule has 3 heteroatoms. The number of aromatic nitrogens is 2. The molecule has 0 fully saturated rings. The Morgan fingerprint density at radius 3 is 1.30 bits per heavy atom. The predicted octanol–water partition coefficient (Wildman–Crippen LogP) is 18.2. The Balaban J connectivity index is 1.05. The topological polar surface area (TPSA) is 9.86 Å². The minimum absolute atomic E-state index is 0.0902. The second-order valence-electron chi connectivity index (χ2n) is 22.5. The molecule has 0 radical (unpaired) electrons. The predicted molar refractivity (Wildman–Crippen MR) is 340 cm³/mol. The zero-order valence-electron chi connectivity index (χ0n) is 42.6. The lowest BCUT2D eigenvalue weighted by Crippen LogP contribution is -2.59. The lowest BCUT2D eigenvalue weighted by atomic mass is 9.34. The minimum atomic E-state index is -0.0902. The van der Waals surface area contributed by atoms with E-state index in [1.165, 1.54) is 190 Å². The van der Waals surface area contributed by atoms with E-state index in [9.17, 15) is 0 Å². The molecule has 4 heterocycles. The molecule has 0 atom stereocenters. The second kappa shape index (κ2) is 14.4. The molecule has 2 aromatic heterocycles. The summed E-state index contributed by atoms with van der Waals surface area (Å²) in [6.07, 6.45) is 0. The summed E-state index contributed by atoms with van der Waals surface area (Å²) < 4.78 is 5.40. The van der Waals surface area contributed by atoms with Crippen molar-refractivity contribution >= 4 is 174 Å². The van der Waals surface area contributed by atoms with Crippen molar-refractivity contribution in [3.05, 3.63) is 249 Å². The van der Waals surface area contributed by atoms with Crippen LogP contribution in [-0.2, 0) is 0 Å². The summed E-state index contributed by atoms with van der Waals surface area (Å²) in [4.78, 5) is 0. The van der Waals surface area contributed by atoms with Crippen LogP contribution in [0.25, 0.3) is 174 Å². The van der Waals surface area contributed by atoms with E-state index in [1.54, 1.807) is 0 Å². The zero-order chi connectivity index (χ0) is 50.9. The van der Waals surface area contributed by atoms with Gasteiger partial charge in [-0.15, -0.1) is 0 Å². The van der Waals surface area contributed by atoms with Gasteiger partial charge in [-0.2, -0.15) is 0 Å². The van der Waals surface area contributed by atoms with E-state index < -0.39 is 0 Å². The van der Waals surface area contributed by atoms with Gasteiger partial charge in [0.15, 0.2) is 0 Å². The van der Waals surface area contributed by atoms with Crippen molar-refractivity contribution < 1.29 is 0 Å². The first kappa shape index (κ1) is 41.0. The van der Waals surface area contributed by atoms with Crippen LogP contribution in [0.4, 0.5) is 0 Å². The van der Waals surface area contributed by atoms with Gasteiger partial charge in [0, 0.05) is 54.6 Å². The van der Waals surface area contributed by atoms with E-state index in [1.807, 2.05) is 0 Å². The summed E-state index contributed by atoms with van der Waals surface area (Å²) >= 11 is 0. The van der Waals surface area contributed by atoms with Crippen molar-refractivity contribution in [2.45, 2.75) is 0 Å². The third kappa shape index (κ3) is 4.94. The molecule has 2 nitrogen and oxygen atoms in total. The number of rotatable bonds is 1. The van der Waals surface area contributed by atoms with Crippen LogP contribution >= 0.6 is 0 Å². The number of hydrogen-bond donors (Lipinski definition) is 0. The van der Waals surface area contributed by atoms with E-state index in [2.05, 4.69) is 258 Å².